The molecule has 2 aliphatic heterocycles. The standard InChI is InChI=1S/C27H24ClN3O4/c1-29-26(32)18-8-4-16(5-9-18)15-2-6-17(7-3-15)19-12-21-22(13-20(19)28)31-27(30-21)35-24-14-34-23-10-11-33-25(23)24/h2-9,12-13,23-25H,10-11,14H2,1H3,(H,29,32)(H,30,31)/t23?,24-,25?/m1/s1. The van der Waals surface area contributed by atoms with Gasteiger partial charge in [-0.05, 0) is 47.4 Å². The molecule has 2 N–H and O–H groups in total. The van der Waals surface area contributed by atoms with Crippen molar-refractivity contribution in [3.8, 4) is 28.3 Å². The monoisotopic (exact) mass is 489 g/mol. The van der Waals surface area contributed by atoms with Gasteiger partial charge in [-0.2, -0.15) is 4.98 Å². The molecule has 3 atom stereocenters. The number of aromatic nitrogens is 2. The van der Waals surface area contributed by atoms with E-state index in [1.807, 2.05) is 60.7 Å². The summed E-state index contributed by atoms with van der Waals surface area (Å²) in [4.78, 5) is 19.6. The van der Waals surface area contributed by atoms with Gasteiger partial charge < -0.3 is 24.5 Å². The van der Waals surface area contributed by atoms with E-state index in [0.717, 1.165) is 39.7 Å². The van der Waals surface area contributed by atoms with Crippen LogP contribution in [0.1, 0.15) is 16.8 Å². The summed E-state index contributed by atoms with van der Waals surface area (Å²) in [5.74, 6) is -0.100. The van der Waals surface area contributed by atoms with Gasteiger partial charge in [-0.3, -0.25) is 4.79 Å². The molecule has 3 aromatic carbocycles. The molecule has 2 fully saturated rings. The van der Waals surface area contributed by atoms with E-state index in [4.69, 9.17) is 25.8 Å². The van der Waals surface area contributed by atoms with Gasteiger partial charge in [0.15, 0.2) is 6.10 Å². The molecule has 0 radical (unpaired) electrons. The molecule has 0 spiro atoms. The van der Waals surface area contributed by atoms with Crippen LogP contribution in [0.3, 0.4) is 0 Å². The second kappa shape index (κ2) is 9.00. The van der Waals surface area contributed by atoms with Gasteiger partial charge in [0, 0.05) is 24.8 Å². The fraction of sp³-hybridized carbons (Fsp3) is 0.259. The van der Waals surface area contributed by atoms with E-state index in [0.29, 0.717) is 29.8 Å². The van der Waals surface area contributed by atoms with E-state index in [-0.39, 0.29) is 24.2 Å². The van der Waals surface area contributed by atoms with Gasteiger partial charge >= 0.3 is 0 Å². The van der Waals surface area contributed by atoms with Gasteiger partial charge in [0.05, 0.1) is 28.8 Å². The third-order valence-electron chi connectivity index (χ3n) is 6.64. The third kappa shape index (κ3) is 4.16. The Morgan fingerprint density at radius 2 is 1.77 bits per heavy atom. The highest BCUT2D eigenvalue weighted by molar-refractivity contribution is 6.34. The zero-order chi connectivity index (χ0) is 23.9. The van der Waals surface area contributed by atoms with Crippen molar-refractivity contribution in [1.82, 2.24) is 15.3 Å². The maximum atomic E-state index is 11.8. The molecule has 3 heterocycles. The summed E-state index contributed by atoms with van der Waals surface area (Å²) in [5, 5.41) is 3.26. The number of amides is 1. The zero-order valence-corrected chi connectivity index (χ0v) is 19.8. The number of aromatic amines is 1. The number of fused-ring (bicyclic) bond motifs is 2. The summed E-state index contributed by atoms with van der Waals surface area (Å²) in [7, 11) is 1.62. The van der Waals surface area contributed by atoms with Crippen molar-refractivity contribution in [2.75, 3.05) is 20.3 Å². The number of carbonyl (C=O) groups excluding carboxylic acids is 1. The molecule has 178 valence electrons. The lowest BCUT2D eigenvalue weighted by molar-refractivity contribution is 0.0273. The molecule has 6 rings (SSSR count). The molecule has 1 amide bonds. The first-order chi connectivity index (χ1) is 17.1. The van der Waals surface area contributed by atoms with Crippen LogP contribution in [-0.2, 0) is 9.47 Å². The summed E-state index contributed by atoms with van der Waals surface area (Å²) in [6, 6.07) is 20.0. The smallest absolute Gasteiger partial charge is 0.295 e. The van der Waals surface area contributed by atoms with Gasteiger partial charge in [0.2, 0.25) is 0 Å². The summed E-state index contributed by atoms with van der Waals surface area (Å²) in [6.07, 6.45) is 0.808. The van der Waals surface area contributed by atoms with Gasteiger partial charge in [-0.25, -0.2) is 0 Å². The fourth-order valence-electron chi connectivity index (χ4n) is 4.76. The Morgan fingerprint density at radius 3 is 2.51 bits per heavy atom. The Morgan fingerprint density at radius 1 is 1.06 bits per heavy atom. The predicted octanol–water partition coefficient (Wildman–Crippen LogP) is 4.85. The van der Waals surface area contributed by atoms with Gasteiger partial charge in [0.25, 0.3) is 11.9 Å². The van der Waals surface area contributed by atoms with E-state index in [1.54, 1.807) is 7.05 Å². The predicted molar refractivity (Wildman–Crippen MR) is 134 cm³/mol. The van der Waals surface area contributed by atoms with Gasteiger partial charge in [-0.1, -0.05) is 48.0 Å². The number of hydrogen-bond acceptors (Lipinski definition) is 5. The molecule has 0 saturated carbocycles. The lowest BCUT2D eigenvalue weighted by Gasteiger charge is -2.15. The van der Waals surface area contributed by atoms with Gasteiger partial charge in [0.1, 0.15) is 6.10 Å². The minimum Gasteiger partial charge on any atom is -0.456 e. The maximum Gasteiger partial charge on any atom is 0.295 e. The van der Waals surface area contributed by atoms with E-state index in [1.165, 1.54) is 0 Å². The van der Waals surface area contributed by atoms with Crippen LogP contribution in [0.25, 0.3) is 33.3 Å². The molecule has 1 aromatic heterocycles. The van der Waals surface area contributed by atoms with Crippen LogP contribution in [0.5, 0.6) is 6.01 Å². The summed E-state index contributed by atoms with van der Waals surface area (Å²) >= 11 is 6.64. The van der Waals surface area contributed by atoms with Crippen molar-refractivity contribution in [2.24, 2.45) is 0 Å². The molecule has 2 aliphatic rings. The van der Waals surface area contributed by atoms with Crippen LogP contribution < -0.4 is 10.1 Å². The maximum absolute atomic E-state index is 11.8. The molecule has 0 aliphatic carbocycles. The lowest BCUT2D eigenvalue weighted by Crippen LogP contribution is -2.32. The van der Waals surface area contributed by atoms with Crippen LogP contribution in [0.15, 0.2) is 60.7 Å². The minimum absolute atomic E-state index is 0.0409. The summed E-state index contributed by atoms with van der Waals surface area (Å²) in [6.45, 7) is 1.20. The molecule has 4 aromatic rings. The van der Waals surface area contributed by atoms with E-state index < -0.39 is 0 Å². The van der Waals surface area contributed by atoms with E-state index in [9.17, 15) is 4.79 Å². The Kier molecular flexibility index (Phi) is 5.68. The molecule has 35 heavy (non-hydrogen) atoms. The molecular weight excluding hydrogens is 466 g/mol. The number of benzene rings is 3. The normalized spacial score (nSPS) is 21.3. The Hall–Kier alpha value is -3.39. The number of nitrogens with zero attached hydrogens (tertiary/aromatic N) is 1. The number of ether oxygens (including phenoxy) is 3. The van der Waals surface area contributed by atoms with Crippen LogP contribution in [0, 0.1) is 0 Å². The van der Waals surface area contributed by atoms with Crippen LogP contribution in [0.4, 0.5) is 0 Å². The first-order valence-corrected chi connectivity index (χ1v) is 12.0. The number of H-pyrrole nitrogens is 1. The number of hydrogen-bond donors (Lipinski definition) is 2. The SMILES string of the molecule is CNC(=O)c1ccc(-c2ccc(-c3cc4nc(O[C@@H]5COC6CCOC65)[nH]c4cc3Cl)cc2)cc1. The van der Waals surface area contributed by atoms with Crippen molar-refractivity contribution < 1.29 is 19.0 Å². The number of rotatable bonds is 5. The molecule has 8 heteroatoms. The number of imidazole rings is 1. The average molecular weight is 490 g/mol. The Bertz CT molecular complexity index is 1380. The van der Waals surface area contributed by atoms with Crippen molar-refractivity contribution in [1.29, 1.82) is 0 Å². The second-order valence-electron chi connectivity index (χ2n) is 8.78. The highest BCUT2D eigenvalue weighted by atomic mass is 35.5. The molecule has 2 saturated heterocycles. The summed E-state index contributed by atoms with van der Waals surface area (Å²) < 4.78 is 17.6. The molecular formula is C27H24ClN3O4. The van der Waals surface area contributed by atoms with Crippen LogP contribution in [0.2, 0.25) is 5.02 Å². The Balaban J connectivity index is 1.23. The van der Waals surface area contributed by atoms with Crippen molar-refractivity contribution in [2.45, 2.75) is 24.7 Å². The number of nitrogens with one attached hydrogen (secondary N) is 2. The Labute approximate surface area is 207 Å². The number of carbonyl (C=O) groups is 1. The first kappa shape index (κ1) is 22.1. The largest absolute Gasteiger partial charge is 0.456 e. The van der Waals surface area contributed by atoms with Crippen molar-refractivity contribution in [3.63, 3.8) is 0 Å². The average Bonchev–Trinajstić information content (AvgIpc) is 3.60. The lowest BCUT2D eigenvalue weighted by atomic mass is 9.99. The van der Waals surface area contributed by atoms with Crippen molar-refractivity contribution >= 4 is 28.5 Å². The molecule has 0 bridgehead atoms. The van der Waals surface area contributed by atoms with E-state index in [2.05, 4.69) is 15.3 Å². The molecule has 7 nitrogen and oxygen atoms in total. The minimum atomic E-state index is -0.170. The topological polar surface area (TPSA) is 85.5 Å². The second-order valence-corrected chi connectivity index (χ2v) is 9.18. The van der Waals surface area contributed by atoms with Crippen LogP contribution in [-0.4, -0.2) is 54.4 Å². The quantitative estimate of drug-likeness (QED) is 0.419. The van der Waals surface area contributed by atoms with Gasteiger partial charge in [-0.15, -0.1) is 0 Å². The summed E-state index contributed by atoms with van der Waals surface area (Å²) in [5.41, 5.74) is 6.17. The highest BCUT2D eigenvalue weighted by Gasteiger charge is 2.43. The third-order valence-corrected chi connectivity index (χ3v) is 6.95. The first-order valence-electron chi connectivity index (χ1n) is 11.6. The van der Waals surface area contributed by atoms with Crippen molar-refractivity contribution in [3.05, 3.63) is 71.2 Å². The molecule has 2 unspecified atom stereocenters. The number of halogens is 1. The highest BCUT2D eigenvalue weighted by Crippen LogP contribution is 2.34. The van der Waals surface area contributed by atoms with Crippen LogP contribution >= 0.6 is 11.6 Å². The van der Waals surface area contributed by atoms with E-state index >= 15 is 0 Å². The zero-order valence-electron chi connectivity index (χ0n) is 19.1. The fourth-order valence-corrected chi connectivity index (χ4v) is 5.03.